The highest BCUT2D eigenvalue weighted by molar-refractivity contribution is 5.52. The van der Waals surface area contributed by atoms with E-state index in [1.807, 2.05) is 18.2 Å². The normalized spacial score (nSPS) is 10.4. The Morgan fingerprint density at radius 3 is 2.57 bits per heavy atom. The molecule has 0 aliphatic heterocycles. The van der Waals surface area contributed by atoms with Gasteiger partial charge in [0.2, 0.25) is 0 Å². The van der Waals surface area contributed by atoms with Crippen LogP contribution in [0.4, 0.5) is 5.69 Å². The van der Waals surface area contributed by atoms with Gasteiger partial charge in [-0.25, -0.2) is 0 Å². The quantitative estimate of drug-likeness (QED) is 0.782. The highest BCUT2D eigenvalue weighted by Crippen LogP contribution is 2.21. The van der Waals surface area contributed by atoms with Crippen molar-refractivity contribution in [3.63, 3.8) is 0 Å². The van der Waals surface area contributed by atoms with E-state index in [-0.39, 0.29) is 0 Å². The molecule has 3 heteroatoms. The van der Waals surface area contributed by atoms with Gasteiger partial charge in [0, 0.05) is 24.9 Å². The Morgan fingerprint density at radius 2 is 1.81 bits per heavy atom. The molecule has 0 aliphatic rings. The van der Waals surface area contributed by atoms with Crippen LogP contribution in [0, 0.1) is 13.8 Å². The van der Waals surface area contributed by atoms with Crippen LogP contribution in [0.1, 0.15) is 16.7 Å². The molecule has 0 saturated heterocycles. The summed E-state index contributed by atoms with van der Waals surface area (Å²) in [4.78, 5) is 0. The molecule has 0 aliphatic carbocycles. The van der Waals surface area contributed by atoms with Gasteiger partial charge in [-0.3, -0.25) is 0 Å². The van der Waals surface area contributed by atoms with Crippen molar-refractivity contribution in [2.75, 3.05) is 25.6 Å². The van der Waals surface area contributed by atoms with Crippen molar-refractivity contribution in [2.24, 2.45) is 0 Å². The zero-order valence-corrected chi connectivity index (χ0v) is 13.0. The largest absolute Gasteiger partial charge is 0.491 e. The number of nitrogens with one attached hydrogen (secondary N) is 1. The summed E-state index contributed by atoms with van der Waals surface area (Å²) in [6.45, 7) is 6.13. The third-order valence-electron chi connectivity index (χ3n) is 3.37. The maximum atomic E-state index is 5.75. The number of anilines is 1. The first kappa shape index (κ1) is 15.4. The van der Waals surface area contributed by atoms with E-state index >= 15 is 0 Å². The van der Waals surface area contributed by atoms with Crippen molar-refractivity contribution in [1.82, 2.24) is 0 Å². The molecule has 3 nitrogen and oxygen atoms in total. The molecular weight excluding hydrogens is 262 g/mol. The second-order valence-electron chi connectivity index (χ2n) is 5.12. The molecule has 2 aromatic carbocycles. The third-order valence-corrected chi connectivity index (χ3v) is 3.37. The highest BCUT2D eigenvalue weighted by atomic mass is 16.5. The average molecular weight is 285 g/mol. The van der Waals surface area contributed by atoms with Crippen LogP contribution in [0.2, 0.25) is 0 Å². The van der Waals surface area contributed by atoms with Crippen molar-refractivity contribution in [2.45, 2.75) is 20.4 Å². The summed E-state index contributed by atoms with van der Waals surface area (Å²) >= 11 is 0. The van der Waals surface area contributed by atoms with Crippen LogP contribution in [0.5, 0.6) is 5.75 Å². The minimum absolute atomic E-state index is 0.567. The Kier molecular flexibility index (Phi) is 5.64. The topological polar surface area (TPSA) is 30.5 Å². The number of rotatable bonds is 7. The SMILES string of the molecule is COCCOc1ccccc1CNc1ccc(C)cc1C. The van der Waals surface area contributed by atoms with Gasteiger partial charge in [0.25, 0.3) is 0 Å². The van der Waals surface area contributed by atoms with E-state index in [0.717, 1.165) is 23.5 Å². The summed E-state index contributed by atoms with van der Waals surface area (Å²) in [5, 5.41) is 3.48. The van der Waals surface area contributed by atoms with Gasteiger partial charge in [-0.2, -0.15) is 0 Å². The van der Waals surface area contributed by atoms with Gasteiger partial charge in [-0.1, -0.05) is 35.9 Å². The van der Waals surface area contributed by atoms with E-state index in [2.05, 4.69) is 43.4 Å². The van der Waals surface area contributed by atoms with Crippen LogP contribution >= 0.6 is 0 Å². The molecule has 0 amide bonds. The number of para-hydroxylation sites is 1. The molecule has 0 atom stereocenters. The number of aryl methyl sites for hydroxylation is 2. The Hall–Kier alpha value is -2.00. The number of hydrogen-bond acceptors (Lipinski definition) is 3. The van der Waals surface area contributed by atoms with Gasteiger partial charge in [0.1, 0.15) is 12.4 Å². The second kappa shape index (κ2) is 7.70. The molecule has 0 bridgehead atoms. The fourth-order valence-corrected chi connectivity index (χ4v) is 2.23. The lowest BCUT2D eigenvalue weighted by molar-refractivity contribution is 0.146. The van der Waals surface area contributed by atoms with Gasteiger partial charge < -0.3 is 14.8 Å². The van der Waals surface area contributed by atoms with E-state index in [4.69, 9.17) is 9.47 Å². The van der Waals surface area contributed by atoms with Gasteiger partial charge in [-0.15, -0.1) is 0 Å². The molecule has 0 aromatic heterocycles. The molecule has 1 N–H and O–H groups in total. The Labute approximate surface area is 126 Å². The van der Waals surface area contributed by atoms with E-state index < -0.39 is 0 Å². The molecule has 0 fully saturated rings. The monoisotopic (exact) mass is 285 g/mol. The summed E-state index contributed by atoms with van der Waals surface area (Å²) in [6, 6.07) is 14.5. The minimum Gasteiger partial charge on any atom is -0.491 e. The van der Waals surface area contributed by atoms with Crippen LogP contribution < -0.4 is 10.1 Å². The molecule has 21 heavy (non-hydrogen) atoms. The van der Waals surface area contributed by atoms with Crippen LogP contribution in [0.25, 0.3) is 0 Å². The molecular formula is C18H23NO2. The van der Waals surface area contributed by atoms with E-state index in [0.29, 0.717) is 13.2 Å². The lowest BCUT2D eigenvalue weighted by Gasteiger charge is -2.14. The lowest BCUT2D eigenvalue weighted by Crippen LogP contribution is -2.08. The first-order valence-electron chi connectivity index (χ1n) is 7.21. The zero-order chi connectivity index (χ0) is 15.1. The number of benzene rings is 2. The Morgan fingerprint density at radius 1 is 1.00 bits per heavy atom. The maximum absolute atomic E-state index is 5.75. The van der Waals surface area contributed by atoms with Crippen LogP contribution in [0.3, 0.4) is 0 Å². The average Bonchev–Trinajstić information content (AvgIpc) is 2.48. The zero-order valence-electron chi connectivity index (χ0n) is 13.0. The third kappa shape index (κ3) is 4.50. The predicted molar refractivity (Wildman–Crippen MR) is 87.1 cm³/mol. The standard InChI is InChI=1S/C18H23NO2/c1-14-8-9-17(15(2)12-14)19-13-16-6-4-5-7-18(16)21-11-10-20-3/h4-9,12,19H,10-11,13H2,1-3H3. The van der Waals surface area contributed by atoms with Crippen LogP contribution in [-0.4, -0.2) is 20.3 Å². The van der Waals surface area contributed by atoms with E-state index in [1.165, 1.54) is 11.1 Å². The predicted octanol–water partition coefficient (Wildman–Crippen LogP) is 3.94. The van der Waals surface area contributed by atoms with Gasteiger partial charge in [0.15, 0.2) is 0 Å². The maximum Gasteiger partial charge on any atom is 0.124 e. The van der Waals surface area contributed by atoms with Gasteiger partial charge in [0.05, 0.1) is 6.61 Å². The summed E-state index contributed by atoms with van der Waals surface area (Å²) < 4.78 is 10.8. The molecule has 0 saturated carbocycles. The minimum atomic E-state index is 0.567. The molecule has 2 aromatic rings. The first-order chi connectivity index (χ1) is 10.2. The van der Waals surface area contributed by atoms with Crippen LogP contribution in [-0.2, 0) is 11.3 Å². The second-order valence-corrected chi connectivity index (χ2v) is 5.12. The Bertz CT molecular complexity index is 581. The lowest BCUT2D eigenvalue weighted by atomic mass is 10.1. The summed E-state index contributed by atoms with van der Waals surface area (Å²) in [5.74, 6) is 0.909. The van der Waals surface area contributed by atoms with E-state index in [1.54, 1.807) is 7.11 Å². The summed E-state index contributed by atoms with van der Waals surface area (Å²) in [7, 11) is 1.68. The van der Waals surface area contributed by atoms with E-state index in [9.17, 15) is 0 Å². The Balaban J connectivity index is 2.02. The fourth-order valence-electron chi connectivity index (χ4n) is 2.23. The summed E-state index contributed by atoms with van der Waals surface area (Å²) in [5.41, 5.74) is 4.84. The molecule has 112 valence electrons. The smallest absolute Gasteiger partial charge is 0.124 e. The summed E-state index contributed by atoms with van der Waals surface area (Å²) in [6.07, 6.45) is 0. The van der Waals surface area contributed by atoms with Crippen molar-refractivity contribution in [1.29, 1.82) is 0 Å². The van der Waals surface area contributed by atoms with Gasteiger partial charge in [-0.05, 0) is 31.5 Å². The number of ether oxygens (including phenoxy) is 2. The van der Waals surface area contributed by atoms with Crippen molar-refractivity contribution < 1.29 is 9.47 Å². The molecule has 0 spiro atoms. The van der Waals surface area contributed by atoms with Crippen LogP contribution in [0.15, 0.2) is 42.5 Å². The van der Waals surface area contributed by atoms with Crippen molar-refractivity contribution in [3.05, 3.63) is 59.2 Å². The fraction of sp³-hybridized carbons (Fsp3) is 0.333. The molecule has 2 rings (SSSR count). The van der Waals surface area contributed by atoms with Crippen molar-refractivity contribution >= 4 is 5.69 Å². The van der Waals surface area contributed by atoms with Gasteiger partial charge >= 0.3 is 0 Å². The number of methoxy groups -OCH3 is 1. The van der Waals surface area contributed by atoms with Crippen molar-refractivity contribution in [3.8, 4) is 5.75 Å². The molecule has 0 unspecified atom stereocenters. The number of hydrogen-bond donors (Lipinski definition) is 1. The molecule has 0 radical (unpaired) electrons. The highest BCUT2D eigenvalue weighted by Gasteiger charge is 2.04. The molecule has 0 heterocycles. The first-order valence-corrected chi connectivity index (χ1v) is 7.21.